The summed E-state index contributed by atoms with van der Waals surface area (Å²) in [6.07, 6.45) is 3.06. The van der Waals surface area contributed by atoms with Crippen molar-refractivity contribution in [2.75, 3.05) is 20.3 Å². The second-order valence-electron chi connectivity index (χ2n) is 5.80. The number of benzene rings is 2. The van der Waals surface area contributed by atoms with E-state index in [4.69, 9.17) is 13.8 Å². The van der Waals surface area contributed by atoms with E-state index in [2.05, 4.69) is 5.32 Å². The van der Waals surface area contributed by atoms with Crippen LogP contribution in [0, 0.1) is 0 Å². The monoisotopic (exact) mass is 403 g/mol. The highest BCUT2D eigenvalue weighted by Gasteiger charge is 2.37. The van der Waals surface area contributed by atoms with Crippen LogP contribution in [0.25, 0.3) is 6.08 Å². The molecule has 0 radical (unpaired) electrons. The predicted molar refractivity (Wildman–Crippen MR) is 110 cm³/mol. The maximum absolute atomic E-state index is 13.3. The van der Waals surface area contributed by atoms with Crippen LogP contribution in [0.1, 0.15) is 30.8 Å². The van der Waals surface area contributed by atoms with E-state index in [-0.39, 0.29) is 13.2 Å². The molecule has 2 aromatic carbocycles. The molecule has 0 aliphatic heterocycles. The Labute approximate surface area is 166 Å². The molecule has 0 aliphatic carbocycles. The average Bonchev–Trinajstić information content (AvgIpc) is 2.72. The molecule has 0 saturated carbocycles. The number of amides is 1. The molecule has 0 aliphatic rings. The van der Waals surface area contributed by atoms with E-state index < -0.39 is 19.3 Å². The number of carbonyl (C=O) groups excluding carboxylic acids is 1. The summed E-state index contributed by atoms with van der Waals surface area (Å²) in [5, 5.41) is 2.77. The second-order valence-corrected chi connectivity index (χ2v) is 7.92. The minimum Gasteiger partial charge on any atom is -0.497 e. The third kappa shape index (κ3) is 6.06. The molecule has 1 atom stereocenters. The van der Waals surface area contributed by atoms with E-state index in [1.807, 2.05) is 42.5 Å². The summed E-state index contributed by atoms with van der Waals surface area (Å²) in [6, 6.07) is 16.3. The van der Waals surface area contributed by atoms with E-state index in [9.17, 15) is 9.36 Å². The van der Waals surface area contributed by atoms with Crippen LogP contribution in [0.2, 0.25) is 0 Å². The van der Waals surface area contributed by atoms with Crippen LogP contribution in [0.3, 0.4) is 0 Å². The van der Waals surface area contributed by atoms with Gasteiger partial charge in [0.2, 0.25) is 5.91 Å². The summed E-state index contributed by atoms with van der Waals surface area (Å²) in [5.41, 5.74) is 1.49. The highest BCUT2D eigenvalue weighted by Crippen LogP contribution is 2.59. The van der Waals surface area contributed by atoms with Crippen molar-refractivity contribution < 1.29 is 23.1 Å². The van der Waals surface area contributed by atoms with Gasteiger partial charge in [-0.2, -0.15) is 0 Å². The van der Waals surface area contributed by atoms with Crippen molar-refractivity contribution in [2.24, 2.45) is 0 Å². The van der Waals surface area contributed by atoms with Gasteiger partial charge >= 0.3 is 7.60 Å². The molecule has 0 unspecified atom stereocenters. The van der Waals surface area contributed by atoms with Gasteiger partial charge in [-0.1, -0.05) is 42.5 Å². The third-order valence-electron chi connectivity index (χ3n) is 3.87. The van der Waals surface area contributed by atoms with Gasteiger partial charge in [0, 0.05) is 6.08 Å². The maximum atomic E-state index is 13.3. The van der Waals surface area contributed by atoms with Gasteiger partial charge in [-0.05, 0) is 43.2 Å². The van der Waals surface area contributed by atoms with Crippen LogP contribution >= 0.6 is 7.60 Å². The molecule has 2 aromatic rings. The van der Waals surface area contributed by atoms with Gasteiger partial charge in [0.25, 0.3) is 0 Å². The number of methoxy groups -OCH3 is 1. The predicted octanol–water partition coefficient (Wildman–Crippen LogP) is 4.79. The van der Waals surface area contributed by atoms with Crippen LogP contribution in [0.4, 0.5) is 0 Å². The molecule has 6 nitrogen and oxygen atoms in total. The lowest BCUT2D eigenvalue weighted by molar-refractivity contribution is -0.116. The van der Waals surface area contributed by atoms with Crippen LogP contribution in [0.15, 0.2) is 60.7 Å². The lowest BCUT2D eigenvalue weighted by Gasteiger charge is -2.27. The third-order valence-corrected chi connectivity index (χ3v) is 6.17. The fraction of sp³-hybridized carbons (Fsp3) is 0.286. The Kier molecular flexibility index (Phi) is 8.45. The average molecular weight is 403 g/mol. The van der Waals surface area contributed by atoms with E-state index in [1.165, 1.54) is 6.08 Å². The molecule has 0 saturated heterocycles. The van der Waals surface area contributed by atoms with Crippen molar-refractivity contribution in [2.45, 2.75) is 19.6 Å². The van der Waals surface area contributed by atoms with Crippen molar-refractivity contribution in [1.29, 1.82) is 0 Å². The number of carbonyl (C=O) groups is 1. The topological polar surface area (TPSA) is 73.9 Å². The molecule has 1 N–H and O–H groups in total. The number of nitrogens with one attached hydrogen (secondary N) is 1. The van der Waals surface area contributed by atoms with Crippen LogP contribution in [-0.2, 0) is 18.4 Å². The fourth-order valence-electron chi connectivity index (χ4n) is 2.60. The van der Waals surface area contributed by atoms with Crippen LogP contribution in [0.5, 0.6) is 5.75 Å². The van der Waals surface area contributed by atoms with Crippen LogP contribution < -0.4 is 10.1 Å². The quantitative estimate of drug-likeness (QED) is 0.456. The fourth-order valence-corrected chi connectivity index (χ4v) is 4.51. The van der Waals surface area contributed by atoms with Crippen molar-refractivity contribution in [3.63, 3.8) is 0 Å². The van der Waals surface area contributed by atoms with Crippen molar-refractivity contribution in [3.05, 3.63) is 71.8 Å². The summed E-state index contributed by atoms with van der Waals surface area (Å²) in [7, 11) is -2.00. The van der Waals surface area contributed by atoms with E-state index in [0.717, 1.165) is 11.3 Å². The normalized spacial score (nSPS) is 12.7. The molecule has 0 aromatic heterocycles. The first kappa shape index (κ1) is 21.9. The highest BCUT2D eigenvalue weighted by atomic mass is 31.2. The van der Waals surface area contributed by atoms with E-state index >= 15 is 0 Å². The Hall–Kier alpha value is -2.40. The van der Waals surface area contributed by atoms with Crippen molar-refractivity contribution in [3.8, 4) is 5.75 Å². The number of hydrogen-bond acceptors (Lipinski definition) is 5. The summed E-state index contributed by atoms with van der Waals surface area (Å²) < 4.78 is 29.3. The zero-order chi connectivity index (χ0) is 20.4. The second kappa shape index (κ2) is 10.8. The van der Waals surface area contributed by atoms with Gasteiger partial charge < -0.3 is 19.1 Å². The number of rotatable bonds is 10. The van der Waals surface area contributed by atoms with Gasteiger partial charge in [-0.3, -0.25) is 9.36 Å². The summed E-state index contributed by atoms with van der Waals surface area (Å²) in [5.74, 6) is -0.564. The van der Waals surface area contributed by atoms with Gasteiger partial charge in [0.1, 0.15) is 5.75 Å². The summed E-state index contributed by atoms with van der Waals surface area (Å²) in [4.78, 5) is 12.5. The summed E-state index contributed by atoms with van der Waals surface area (Å²) >= 11 is 0. The molecule has 0 fully saturated rings. The Balaban J connectivity index is 2.22. The van der Waals surface area contributed by atoms with Gasteiger partial charge in [0.05, 0.1) is 20.3 Å². The highest BCUT2D eigenvalue weighted by molar-refractivity contribution is 7.54. The zero-order valence-corrected chi connectivity index (χ0v) is 17.2. The molecular formula is C21H26NO5P. The first-order valence-corrected chi connectivity index (χ1v) is 10.7. The SMILES string of the molecule is CCOP(=O)(OCC)[C@H](NC(=O)/C=C\c1ccc(OC)cc1)c1ccccc1. The van der Waals surface area contributed by atoms with E-state index in [0.29, 0.717) is 5.56 Å². The van der Waals surface area contributed by atoms with Gasteiger partial charge in [-0.15, -0.1) is 0 Å². The lowest BCUT2D eigenvalue weighted by Crippen LogP contribution is -2.28. The van der Waals surface area contributed by atoms with Gasteiger partial charge in [0.15, 0.2) is 5.78 Å². The molecule has 1 amide bonds. The first-order valence-electron chi connectivity index (χ1n) is 9.08. The van der Waals surface area contributed by atoms with Crippen molar-refractivity contribution >= 4 is 19.6 Å². The number of hydrogen-bond donors (Lipinski definition) is 1. The largest absolute Gasteiger partial charge is 0.497 e. The Morgan fingerprint density at radius 1 is 1.04 bits per heavy atom. The smallest absolute Gasteiger partial charge is 0.357 e. The van der Waals surface area contributed by atoms with Gasteiger partial charge in [-0.25, -0.2) is 0 Å². The minimum absolute atomic E-state index is 0.207. The van der Waals surface area contributed by atoms with Crippen LogP contribution in [-0.4, -0.2) is 26.2 Å². The molecule has 7 heteroatoms. The van der Waals surface area contributed by atoms with E-state index in [1.54, 1.807) is 39.2 Å². The molecular weight excluding hydrogens is 377 g/mol. The Morgan fingerprint density at radius 2 is 1.64 bits per heavy atom. The standard InChI is InChI=1S/C21H26NO5P/c1-4-26-28(24,27-5-2)21(18-9-7-6-8-10-18)22-20(23)16-13-17-11-14-19(25-3)15-12-17/h6-16,21H,4-5H2,1-3H3,(H,22,23)/b16-13-/t21-/m0/s1. The molecule has 0 bridgehead atoms. The molecule has 0 heterocycles. The molecule has 150 valence electrons. The lowest BCUT2D eigenvalue weighted by atomic mass is 10.2. The molecule has 2 rings (SSSR count). The number of ether oxygens (including phenoxy) is 1. The summed E-state index contributed by atoms with van der Waals surface area (Å²) in [6.45, 7) is 3.88. The van der Waals surface area contributed by atoms with Crippen molar-refractivity contribution in [1.82, 2.24) is 5.32 Å². The molecule has 28 heavy (non-hydrogen) atoms. The maximum Gasteiger partial charge on any atom is 0.357 e. The minimum atomic E-state index is -3.59. The Morgan fingerprint density at radius 3 is 2.18 bits per heavy atom. The zero-order valence-electron chi connectivity index (χ0n) is 16.3. The first-order chi connectivity index (χ1) is 13.5. The molecule has 0 spiro atoms. The Bertz CT molecular complexity index is 810.